The topological polar surface area (TPSA) is 54.0 Å². The molecule has 7 heteroatoms. The SMILES string of the molecule is O=C(S)C(CCC[C@@H]1SC[C@@H]2NC(=S)N[C@@H]21)c1ccccn1. The third-order valence-electron chi connectivity index (χ3n) is 4.26. The normalized spacial score (nSPS) is 27.9. The molecule has 4 atom stereocenters. The second-order valence-electron chi connectivity index (χ2n) is 5.70. The van der Waals surface area contributed by atoms with Crippen LogP contribution in [0, 0.1) is 0 Å². The molecule has 0 spiro atoms. The van der Waals surface area contributed by atoms with Crippen LogP contribution < -0.4 is 10.6 Å². The van der Waals surface area contributed by atoms with Gasteiger partial charge in [-0.1, -0.05) is 12.5 Å². The van der Waals surface area contributed by atoms with Crippen molar-refractivity contribution in [2.45, 2.75) is 42.5 Å². The predicted molar refractivity (Wildman–Crippen MR) is 97.5 cm³/mol. The van der Waals surface area contributed by atoms with Crippen molar-refractivity contribution in [3.05, 3.63) is 30.1 Å². The van der Waals surface area contributed by atoms with Gasteiger partial charge in [-0.05, 0) is 37.2 Å². The monoisotopic (exact) mass is 353 g/mol. The van der Waals surface area contributed by atoms with Crippen LogP contribution >= 0.6 is 36.6 Å². The first-order valence-electron chi connectivity index (χ1n) is 7.47. The lowest BCUT2D eigenvalue weighted by molar-refractivity contribution is -0.112. The van der Waals surface area contributed by atoms with Crippen molar-refractivity contribution in [2.24, 2.45) is 0 Å². The Labute approximate surface area is 145 Å². The molecule has 22 heavy (non-hydrogen) atoms. The molecular weight excluding hydrogens is 334 g/mol. The van der Waals surface area contributed by atoms with Crippen LogP contribution in [0.15, 0.2) is 24.4 Å². The summed E-state index contributed by atoms with van der Waals surface area (Å²) in [6.07, 6.45) is 4.59. The molecule has 0 aliphatic carbocycles. The van der Waals surface area contributed by atoms with Gasteiger partial charge in [-0.3, -0.25) is 9.78 Å². The molecule has 2 saturated heterocycles. The van der Waals surface area contributed by atoms with Crippen LogP contribution in [0.3, 0.4) is 0 Å². The number of nitrogens with one attached hydrogen (secondary N) is 2. The maximum absolute atomic E-state index is 11.8. The molecule has 0 bridgehead atoms. The van der Waals surface area contributed by atoms with Crippen molar-refractivity contribution >= 4 is 46.8 Å². The Morgan fingerprint density at radius 2 is 2.36 bits per heavy atom. The minimum Gasteiger partial charge on any atom is -0.357 e. The Hall–Kier alpha value is -0.790. The summed E-state index contributed by atoms with van der Waals surface area (Å²) in [7, 11) is 0. The largest absolute Gasteiger partial charge is 0.357 e. The standard InChI is InChI=1S/C15H19N3OS3/c19-14(20)9(10-5-1-2-7-16-10)4-3-6-12-13-11(8-22-12)17-15(21)18-13/h1-2,5,7,9,11-13H,3-4,6,8H2,(H,19,20)(H2,17,18,21)/t9?,11-,12-,13-/m0/s1. The van der Waals surface area contributed by atoms with Crippen LogP contribution in [-0.2, 0) is 4.79 Å². The van der Waals surface area contributed by atoms with Gasteiger partial charge < -0.3 is 10.6 Å². The van der Waals surface area contributed by atoms with E-state index in [0.717, 1.165) is 35.8 Å². The van der Waals surface area contributed by atoms with Crippen LogP contribution in [0.4, 0.5) is 0 Å². The summed E-state index contributed by atoms with van der Waals surface area (Å²) in [6.45, 7) is 0. The van der Waals surface area contributed by atoms with Gasteiger partial charge in [-0.15, -0.1) is 12.6 Å². The molecule has 118 valence electrons. The number of thiol groups is 1. The molecule has 0 aromatic carbocycles. The van der Waals surface area contributed by atoms with Gasteiger partial charge in [-0.25, -0.2) is 0 Å². The lowest BCUT2D eigenvalue weighted by Gasteiger charge is -2.18. The zero-order valence-corrected chi connectivity index (χ0v) is 14.6. The van der Waals surface area contributed by atoms with E-state index in [9.17, 15) is 4.79 Å². The number of rotatable bonds is 6. The second-order valence-corrected chi connectivity index (χ2v) is 7.82. The molecule has 3 heterocycles. The van der Waals surface area contributed by atoms with E-state index in [2.05, 4.69) is 28.2 Å². The van der Waals surface area contributed by atoms with Crippen molar-refractivity contribution in [2.75, 3.05) is 5.75 Å². The van der Waals surface area contributed by atoms with Gasteiger partial charge in [0.15, 0.2) is 10.2 Å². The van der Waals surface area contributed by atoms with Gasteiger partial charge in [0.05, 0.1) is 23.7 Å². The van der Waals surface area contributed by atoms with Crippen molar-refractivity contribution in [1.29, 1.82) is 0 Å². The number of hydrogen-bond donors (Lipinski definition) is 3. The van der Waals surface area contributed by atoms with Crippen molar-refractivity contribution in [3.8, 4) is 0 Å². The molecule has 1 unspecified atom stereocenters. The average molecular weight is 354 g/mol. The lowest BCUT2D eigenvalue weighted by atomic mass is 9.96. The number of thioether (sulfide) groups is 1. The number of nitrogens with zero attached hydrogens (tertiary/aromatic N) is 1. The van der Waals surface area contributed by atoms with Gasteiger partial charge in [0.1, 0.15) is 0 Å². The molecule has 2 fully saturated rings. The molecule has 2 aliphatic heterocycles. The van der Waals surface area contributed by atoms with Gasteiger partial charge in [0, 0.05) is 17.2 Å². The van der Waals surface area contributed by atoms with Crippen LogP contribution in [0.1, 0.15) is 30.9 Å². The maximum atomic E-state index is 11.8. The minimum absolute atomic E-state index is 0.0995. The third kappa shape index (κ3) is 3.58. The Kier molecular flexibility index (Phi) is 5.25. The first-order chi connectivity index (χ1) is 10.6. The van der Waals surface area contributed by atoms with E-state index in [1.165, 1.54) is 0 Å². The second kappa shape index (κ2) is 7.19. The predicted octanol–water partition coefficient (Wildman–Crippen LogP) is 2.12. The number of aromatic nitrogens is 1. The Bertz CT molecular complexity index is 554. The third-order valence-corrected chi connectivity index (χ3v) is 6.32. The molecule has 2 N–H and O–H groups in total. The zero-order chi connectivity index (χ0) is 15.5. The smallest absolute Gasteiger partial charge is 0.194 e. The molecule has 2 aliphatic rings. The van der Waals surface area contributed by atoms with Crippen LogP contribution in [0.5, 0.6) is 0 Å². The highest BCUT2D eigenvalue weighted by molar-refractivity contribution is 8.00. The van der Waals surface area contributed by atoms with Gasteiger partial charge in [0.25, 0.3) is 0 Å². The van der Waals surface area contributed by atoms with Gasteiger partial charge in [-0.2, -0.15) is 11.8 Å². The molecule has 3 rings (SSSR count). The number of carbonyl (C=O) groups is 1. The number of fused-ring (bicyclic) bond motifs is 1. The first kappa shape index (κ1) is 16.1. The van der Waals surface area contributed by atoms with Gasteiger partial charge >= 0.3 is 0 Å². The molecule has 0 saturated carbocycles. The van der Waals surface area contributed by atoms with E-state index in [0.29, 0.717) is 17.3 Å². The van der Waals surface area contributed by atoms with Crippen molar-refractivity contribution in [1.82, 2.24) is 15.6 Å². The maximum Gasteiger partial charge on any atom is 0.194 e. The zero-order valence-electron chi connectivity index (χ0n) is 12.1. The number of thiocarbonyl (C=S) groups is 1. The molecule has 0 amide bonds. The summed E-state index contributed by atoms with van der Waals surface area (Å²) < 4.78 is 0. The fraction of sp³-hybridized carbons (Fsp3) is 0.533. The quantitative estimate of drug-likeness (QED) is 0.538. The summed E-state index contributed by atoms with van der Waals surface area (Å²) in [5.41, 5.74) is 0.821. The van der Waals surface area contributed by atoms with Crippen molar-refractivity contribution in [3.63, 3.8) is 0 Å². The number of hydrogen-bond acceptors (Lipinski definition) is 4. The Morgan fingerprint density at radius 3 is 3.09 bits per heavy atom. The average Bonchev–Trinajstić information content (AvgIpc) is 3.04. The summed E-state index contributed by atoms with van der Waals surface area (Å²) in [5.74, 6) is 0.889. The Balaban J connectivity index is 1.53. The summed E-state index contributed by atoms with van der Waals surface area (Å²) >= 11 is 11.2. The first-order valence-corrected chi connectivity index (χ1v) is 9.38. The highest BCUT2D eigenvalue weighted by Gasteiger charge is 2.41. The van der Waals surface area contributed by atoms with E-state index in [4.69, 9.17) is 12.2 Å². The lowest BCUT2D eigenvalue weighted by Crippen LogP contribution is -2.36. The molecule has 1 aromatic heterocycles. The molecule has 4 nitrogen and oxygen atoms in total. The fourth-order valence-corrected chi connectivity index (χ4v) is 5.24. The molecule has 0 radical (unpaired) electrons. The van der Waals surface area contributed by atoms with Gasteiger partial charge in [0.2, 0.25) is 0 Å². The van der Waals surface area contributed by atoms with Crippen molar-refractivity contribution < 1.29 is 4.79 Å². The van der Waals surface area contributed by atoms with Crippen LogP contribution in [-0.4, -0.2) is 38.3 Å². The minimum atomic E-state index is -0.206. The van der Waals surface area contributed by atoms with Crippen LogP contribution in [0.2, 0.25) is 0 Å². The van der Waals surface area contributed by atoms with E-state index in [1.807, 2.05) is 30.0 Å². The summed E-state index contributed by atoms with van der Waals surface area (Å²) in [6, 6.07) is 6.57. The number of pyridine rings is 1. The molecular formula is C15H19N3OS3. The van der Waals surface area contributed by atoms with E-state index >= 15 is 0 Å². The summed E-state index contributed by atoms with van der Waals surface area (Å²) in [4.78, 5) is 16.1. The highest BCUT2D eigenvalue weighted by atomic mass is 32.2. The molecule has 1 aromatic rings. The van der Waals surface area contributed by atoms with E-state index in [1.54, 1.807) is 6.20 Å². The number of carbonyl (C=O) groups excluding carboxylic acids is 1. The fourth-order valence-electron chi connectivity index (χ4n) is 3.15. The van der Waals surface area contributed by atoms with E-state index in [-0.39, 0.29) is 11.0 Å². The summed E-state index contributed by atoms with van der Waals surface area (Å²) in [5, 5.41) is 7.90. The van der Waals surface area contributed by atoms with Crippen LogP contribution in [0.25, 0.3) is 0 Å². The highest BCUT2D eigenvalue weighted by Crippen LogP contribution is 2.34. The Morgan fingerprint density at radius 1 is 1.50 bits per heavy atom. The van der Waals surface area contributed by atoms with E-state index < -0.39 is 0 Å².